The zero-order valence-electron chi connectivity index (χ0n) is 11.7. The van der Waals surface area contributed by atoms with Gasteiger partial charge in [0, 0.05) is 15.9 Å². The summed E-state index contributed by atoms with van der Waals surface area (Å²) in [6.07, 6.45) is 0.982. The molecule has 1 amide bonds. The van der Waals surface area contributed by atoms with Crippen molar-refractivity contribution in [2.75, 3.05) is 6.54 Å². The average molecular weight is 269 g/mol. The summed E-state index contributed by atoms with van der Waals surface area (Å²) in [7, 11) is -1.43. The first-order valence-electron chi connectivity index (χ1n) is 6.17. The first-order chi connectivity index (χ1) is 7.79. The lowest BCUT2D eigenvalue weighted by Crippen LogP contribution is -2.41. The lowest BCUT2D eigenvalue weighted by atomic mass is 10.1. The van der Waals surface area contributed by atoms with Gasteiger partial charge in [0.1, 0.15) is 0 Å². The Morgan fingerprint density at radius 2 is 1.88 bits per heavy atom. The van der Waals surface area contributed by atoms with Crippen LogP contribution in [0.25, 0.3) is 0 Å². The molecule has 0 unspecified atom stereocenters. The van der Waals surface area contributed by atoms with Crippen molar-refractivity contribution in [3.63, 3.8) is 0 Å². The van der Waals surface area contributed by atoms with Crippen LogP contribution in [0.5, 0.6) is 0 Å². The zero-order valence-corrected chi connectivity index (χ0v) is 13.5. The van der Waals surface area contributed by atoms with Crippen LogP contribution < -0.4 is 9.82 Å². The number of thiophene rings is 1. The minimum absolute atomic E-state index is 0.117. The molecule has 0 saturated carbocycles. The number of hydrogen-bond donors (Lipinski definition) is 1. The number of hydrogen-bond acceptors (Lipinski definition) is 2. The molecule has 0 fully saturated rings. The number of rotatable bonds is 4. The topological polar surface area (TPSA) is 29.1 Å². The predicted molar refractivity (Wildman–Crippen MR) is 79.4 cm³/mol. The summed E-state index contributed by atoms with van der Waals surface area (Å²) in [6, 6.07) is 0. The predicted octanol–water partition coefficient (Wildman–Crippen LogP) is 3.05. The molecular weight excluding hydrogens is 246 g/mol. The van der Waals surface area contributed by atoms with Crippen LogP contribution >= 0.6 is 11.3 Å². The Bertz CT molecular complexity index is 418. The summed E-state index contributed by atoms with van der Waals surface area (Å²) in [6.45, 7) is 13.9. The molecule has 96 valence electrons. The molecule has 0 aliphatic rings. The molecule has 0 bridgehead atoms. The van der Waals surface area contributed by atoms with Gasteiger partial charge in [-0.15, -0.1) is 11.3 Å². The zero-order chi connectivity index (χ0) is 13.2. The van der Waals surface area contributed by atoms with Gasteiger partial charge in [0.25, 0.3) is 5.91 Å². The number of amides is 1. The molecule has 0 aliphatic heterocycles. The van der Waals surface area contributed by atoms with Crippen molar-refractivity contribution in [2.24, 2.45) is 0 Å². The smallest absolute Gasteiger partial charge is 0.252 e. The van der Waals surface area contributed by atoms with E-state index in [9.17, 15) is 4.79 Å². The quantitative estimate of drug-likeness (QED) is 0.836. The van der Waals surface area contributed by atoms with Gasteiger partial charge in [-0.05, 0) is 25.8 Å². The summed E-state index contributed by atoms with van der Waals surface area (Å²) in [4.78, 5) is 13.5. The van der Waals surface area contributed by atoms with Gasteiger partial charge in [0.2, 0.25) is 0 Å². The van der Waals surface area contributed by atoms with Gasteiger partial charge in [-0.3, -0.25) is 4.79 Å². The second-order valence-electron chi connectivity index (χ2n) is 5.49. The van der Waals surface area contributed by atoms with E-state index in [1.165, 1.54) is 14.9 Å². The maximum atomic E-state index is 12.2. The molecule has 4 heteroatoms. The van der Waals surface area contributed by atoms with Gasteiger partial charge in [-0.1, -0.05) is 26.6 Å². The van der Waals surface area contributed by atoms with E-state index in [1.54, 1.807) is 0 Å². The van der Waals surface area contributed by atoms with Gasteiger partial charge >= 0.3 is 0 Å². The first kappa shape index (κ1) is 14.4. The molecule has 0 spiro atoms. The van der Waals surface area contributed by atoms with Crippen LogP contribution in [0.3, 0.4) is 0 Å². The molecule has 17 heavy (non-hydrogen) atoms. The lowest BCUT2D eigenvalue weighted by Gasteiger charge is -2.16. The summed E-state index contributed by atoms with van der Waals surface area (Å²) >= 11 is 1.81. The minimum Gasteiger partial charge on any atom is -0.352 e. The van der Waals surface area contributed by atoms with Crippen LogP contribution in [0.4, 0.5) is 0 Å². The van der Waals surface area contributed by atoms with Crippen molar-refractivity contribution in [2.45, 2.75) is 46.8 Å². The SMILES string of the molecule is CCCNC(=O)c1c([Si](C)(C)C)sc(C)c1C. The molecule has 0 aromatic carbocycles. The van der Waals surface area contributed by atoms with Crippen molar-refractivity contribution >= 4 is 29.8 Å². The van der Waals surface area contributed by atoms with E-state index in [4.69, 9.17) is 0 Å². The molecule has 1 aromatic rings. The largest absolute Gasteiger partial charge is 0.352 e. The molecule has 2 nitrogen and oxygen atoms in total. The number of carbonyl (C=O) groups excluding carboxylic acids is 1. The molecular formula is C13H23NOSSi. The molecule has 1 aromatic heterocycles. The van der Waals surface area contributed by atoms with Crippen LogP contribution in [0.2, 0.25) is 19.6 Å². The fourth-order valence-corrected chi connectivity index (χ4v) is 5.40. The lowest BCUT2D eigenvalue weighted by molar-refractivity contribution is 0.0954. The first-order valence-corrected chi connectivity index (χ1v) is 10.5. The second kappa shape index (κ2) is 5.36. The molecule has 1 heterocycles. The number of nitrogens with one attached hydrogen (secondary N) is 1. The van der Waals surface area contributed by atoms with E-state index in [0.717, 1.165) is 18.5 Å². The van der Waals surface area contributed by atoms with Crippen molar-refractivity contribution in [3.8, 4) is 0 Å². The van der Waals surface area contributed by atoms with Gasteiger partial charge < -0.3 is 5.32 Å². The van der Waals surface area contributed by atoms with Gasteiger partial charge in [-0.2, -0.15) is 0 Å². The third-order valence-electron chi connectivity index (χ3n) is 2.83. The standard InChI is InChI=1S/C13H23NOSSi/c1-7-8-14-12(15)11-9(2)10(3)16-13(11)17(4,5)6/h7-8H2,1-6H3,(H,14,15). The third kappa shape index (κ3) is 3.19. The monoisotopic (exact) mass is 269 g/mol. The fraction of sp³-hybridized carbons (Fsp3) is 0.615. The van der Waals surface area contributed by atoms with Crippen molar-refractivity contribution in [3.05, 3.63) is 16.0 Å². The van der Waals surface area contributed by atoms with Crippen LogP contribution in [-0.2, 0) is 0 Å². The Kier molecular flexibility index (Phi) is 4.55. The highest BCUT2D eigenvalue weighted by molar-refractivity contribution is 7.27. The molecule has 0 atom stereocenters. The highest BCUT2D eigenvalue weighted by atomic mass is 32.1. The van der Waals surface area contributed by atoms with Gasteiger partial charge in [0.05, 0.1) is 13.6 Å². The van der Waals surface area contributed by atoms with E-state index in [-0.39, 0.29) is 5.91 Å². The maximum absolute atomic E-state index is 12.2. The third-order valence-corrected chi connectivity index (χ3v) is 7.61. The normalized spacial score (nSPS) is 11.6. The van der Waals surface area contributed by atoms with Crippen LogP contribution in [0.1, 0.15) is 34.1 Å². The highest BCUT2D eigenvalue weighted by Gasteiger charge is 2.28. The van der Waals surface area contributed by atoms with E-state index in [1.807, 2.05) is 11.3 Å². The number of carbonyl (C=O) groups is 1. The van der Waals surface area contributed by atoms with E-state index in [2.05, 4.69) is 45.7 Å². The van der Waals surface area contributed by atoms with E-state index >= 15 is 0 Å². The molecule has 0 aliphatic carbocycles. The van der Waals surface area contributed by atoms with E-state index < -0.39 is 8.07 Å². The van der Waals surface area contributed by atoms with Crippen molar-refractivity contribution in [1.82, 2.24) is 5.32 Å². The Morgan fingerprint density at radius 3 is 2.35 bits per heavy atom. The molecule has 0 radical (unpaired) electrons. The van der Waals surface area contributed by atoms with Gasteiger partial charge in [0.15, 0.2) is 0 Å². The Hall–Kier alpha value is -0.613. The highest BCUT2D eigenvalue weighted by Crippen LogP contribution is 2.22. The Balaban J connectivity index is 3.17. The number of aryl methyl sites for hydroxylation is 1. The summed E-state index contributed by atoms with van der Waals surface area (Å²) < 4.78 is 1.33. The van der Waals surface area contributed by atoms with Crippen LogP contribution in [-0.4, -0.2) is 20.5 Å². The Morgan fingerprint density at radius 1 is 1.29 bits per heavy atom. The van der Waals surface area contributed by atoms with E-state index in [0.29, 0.717) is 0 Å². The fourth-order valence-electron chi connectivity index (χ4n) is 1.76. The average Bonchev–Trinajstić information content (AvgIpc) is 2.52. The summed E-state index contributed by atoms with van der Waals surface area (Å²) in [5.41, 5.74) is 2.13. The summed E-state index contributed by atoms with van der Waals surface area (Å²) in [5.74, 6) is 0.117. The summed E-state index contributed by atoms with van der Waals surface area (Å²) in [5, 5.41) is 3.01. The molecule has 1 rings (SSSR count). The Labute approximate surface area is 109 Å². The molecule has 1 N–H and O–H groups in total. The minimum atomic E-state index is -1.43. The van der Waals surface area contributed by atoms with Gasteiger partial charge in [-0.25, -0.2) is 0 Å². The van der Waals surface area contributed by atoms with Crippen molar-refractivity contribution < 1.29 is 4.79 Å². The maximum Gasteiger partial charge on any atom is 0.252 e. The van der Waals surface area contributed by atoms with Crippen molar-refractivity contribution in [1.29, 1.82) is 0 Å². The molecule has 0 saturated heterocycles. The van der Waals surface area contributed by atoms with Crippen LogP contribution in [0, 0.1) is 13.8 Å². The van der Waals surface area contributed by atoms with Crippen LogP contribution in [0.15, 0.2) is 0 Å². The second-order valence-corrected chi connectivity index (χ2v) is 12.1.